The molecule has 1 aliphatic carbocycles. The summed E-state index contributed by atoms with van der Waals surface area (Å²) in [6.45, 7) is 2.27. The molecule has 1 aromatic carbocycles. The summed E-state index contributed by atoms with van der Waals surface area (Å²) in [6.07, 6.45) is 7.67. The van der Waals surface area contributed by atoms with Gasteiger partial charge in [-0.2, -0.15) is 0 Å². The lowest BCUT2D eigenvalue weighted by Crippen LogP contribution is -2.30. The summed E-state index contributed by atoms with van der Waals surface area (Å²) in [7, 11) is 0. The molecule has 6 nitrogen and oxygen atoms in total. The molecule has 1 atom stereocenters. The SMILES string of the molecule is C[C@@H](Sc1nc(C2CCCCC2)n(-c2ccccc2)n1)C(=O)NCc1ccco1. The standard InChI is InChI=1S/C22H26N4O2S/c1-16(21(27)23-15-19-13-8-14-28-19)29-22-24-20(17-9-4-2-5-10-17)26(25-22)18-11-6-3-7-12-18/h3,6-8,11-14,16-17H,2,4-5,9-10,15H2,1H3,(H,23,27)/t16-/m1/s1. The number of rotatable bonds is 7. The Morgan fingerprint density at radius 3 is 2.72 bits per heavy atom. The maximum Gasteiger partial charge on any atom is 0.233 e. The van der Waals surface area contributed by atoms with Crippen molar-refractivity contribution < 1.29 is 9.21 Å². The Morgan fingerprint density at radius 1 is 1.21 bits per heavy atom. The highest BCUT2D eigenvalue weighted by molar-refractivity contribution is 8.00. The first kappa shape index (κ1) is 19.8. The van der Waals surface area contributed by atoms with E-state index in [9.17, 15) is 4.79 Å². The Hall–Kier alpha value is -2.54. The predicted molar refractivity (Wildman–Crippen MR) is 113 cm³/mol. The van der Waals surface area contributed by atoms with Gasteiger partial charge in [0.15, 0.2) is 0 Å². The molecule has 0 bridgehead atoms. The number of nitrogens with one attached hydrogen (secondary N) is 1. The van der Waals surface area contributed by atoms with Crippen molar-refractivity contribution in [2.75, 3.05) is 0 Å². The van der Waals surface area contributed by atoms with Gasteiger partial charge < -0.3 is 9.73 Å². The van der Waals surface area contributed by atoms with Crippen molar-refractivity contribution in [1.29, 1.82) is 0 Å². The number of benzene rings is 1. The van der Waals surface area contributed by atoms with Crippen molar-refractivity contribution >= 4 is 17.7 Å². The quantitative estimate of drug-likeness (QED) is 0.571. The van der Waals surface area contributed by atoms with Crippen molar-refractivity contribution in [2.45, 2.75) is 61.9 Å². The fraction of sp³-hybridized carbons (Fsp3) is 0.409. The molecule has 1 saturated carbocycles. The first-order valence-corrected chi connectivity index (χ1v) is 11.1. The van der Waals surface area contributed by atoms with Crippen molar-refractivity contribution in [3.63, 3.8) is 0 Å². The van der Waals surface area contributed by atoms with E-state index < -0.39 is 0 Å². The van der Waals surface area contributed by atoms with Crippen LogP contribution in [0.5, 0.6) is 0 Å². The average molecular weight is 411 g/mol. The van der Waals surface area contributed by atoms with Crippen molar-refractivity contribution in [2.24, 2.45) is 0 Å². The van der Waals surface area contributed by atoms with Crippen LogP contribution in [0.2, 0.25) is 0 Å². The Morgan fingerprint density at radius 2 is 2.00 bits per heavy atom. The summed E-state index contributed by atoms with van der Waals surface area (Å²) < 4.78 is 7.23. The average Bonchev–Trinajstić information content (AvgIpc) is 3.43. The maximum atomic E-state index is 12.5. The zero-order chi connectivity index (χ0) is 20.1. The van der Waals surface area contributed by atoms with Crippen molar-refractivity contribution in [3.05, 3.63) is 60.3 Å². The maximum absolute atomic E-state index is 12.5. The molecule has 0 radical (unpaired) electrons. The minimum atomic E-state index is -0.296. The topological polar surface area (TPSA) is 73.0 Å². The van der Waals surface area contributed by atoms with Gasteiger partial charge >= 0.3 is 0 Å². The molecular weight excluding hydrogens is 384 g/mol. The van der Waals surface area contributed by atoms with Crippen LogP contribution in [-0.2, 0) is 11.3 Å². The van der Waals surface area contributed by atoms with Crippen LogP contribution < -0.4 is 5.32 Å². The highest BCUT2D eigenvalue weighted by Gasteiger charge is 2.25. The number of nitrogens with zero attached hydrogens (tertiary/aromatic N) is 3. The number of thioether (sulfide) groups is 1. The highest BCUT2D eigenvalue weighted by atomic mass is 32.2. The molecule has 3 aromatic rings. The van der Waals surface area contributed by atoms with Gasteiger partial charge in [-0.25, -0.2) is 9.67 Å². The Balaban J connectivity index is 1.49. The molecule has 1 aliphatic rings. The van der Waals surface area contributed by atoms with Crippen LogP contribution in [-0.4, -0.2) is 25.9 Å². The number of furan rings is 1. The minimum Gasteiger partial charge on any atom is -0.467 e. The molecule has 0 saturated heterocycles. The lowest BCUT2D eigenvalue weighted by molar-refractivity contribution is -0.120. The predicted octanol–water partition coefficient (Wildman–Crippen LogP) is 4.71. The van der Waals surface area contributed by atoms with Gasteiger partial charge in [-0.3, -0.25) is 4.79 Å². The summed E-state index contributed by atoms with van der Waals surface area (Å²) in [4.78, 5) is 17.3. The smallest absolute Gasteiger partial charge is 0.233 e. The van der Waals surface area contributed by atoms with E-state index in [1.165, 1.54) is 31.0 Å². The van der Waals surface area contributed by atoms with Gasteiger partial charge in [0, 0.05) is 5.92 Å². The third kappa shape index (κ3) is 4.90. The fourth-order valence-electron chi connectivity index (χ4n) is 3.68. The monoisotopic (exact) mass is 410 g/mol. The molecule has 0 aliphatic heterocycles. The number of aromatic nitrogens is 3. The summed E-state index contributed by atoms with van der Waals surface area (Å²) in [6, 6.07) is 13.8. The largest absolute Gasteiger partial charge is 0.467 e. The second-order valence-electron chi connectivity index (χ2n) is 7.39. The lowest BCUT2D eigenvalue weighted by atomic mass is 9.88. The summed E-state index contributed by atoms with van der Waals surface area (Å²) >= 11 is 1.40. The van der Waals surface area contributed by atoms with Crippen LogP contribution in [0.3, 0.4) is 0 Å². The molecular formula is C22H26N4O2S. The lowest BCUT2D eigenvalue weighted by Gasteiger charge is -2.21. The third-order valence-corrected chi connectivity index (χ3v) is 6.20. The number of hydrogen-bond donors (Lipinski definition) is 1. The molecule has 0 spiro atoms. The van der Waals surface area contributed by atoms with Crippen molar-refractivity contribution in [1.82, 2.24) is 20.1 Å². The molecule has 0 unspecified atom stereocenters. The van der Waals surface area contributed by atoms with Crippen LogP contribution in [0.25, 0.3) is 5.69 Å². The van der Waals surface area contributed by atoms with E-state index in [0.717, 1.165) is 30.1 Å². The van der Waals surface area contributed by atoms with E-state index >= 15 is 0 Å². The first-order chi connectivity index (χ1) is 14.2. The molecule has 2 aromatic heterocycles. The molecule has 1 N–H and O–H groups in total. The Kier molecular flexibility index (Phi) is 6.34. The van der Waals surface area contributed by atoms with Crippen LogP contribution in [0.15, 0.2) is 58.3 Å². The molecule has 1 amide bonds. The molecule has 7 heteroatoms. The zero-order valence-electron chi connectivity index (χ0n) is 16.6. The third-order valence-electron chi connectivity index (χ3n) is 5.25. The number of carbonyl (C=O) groups excluding carboxylic acids is 1. The van der Waals surface area contributed by atoms with E-state index in [4.69, 9.17) is 14.5 Å². The molecule has 2 heterocycles. The van der Waals surface area contributed by atoms with Crippen molar-refractivity contribution in [3.8, 4) is 5.69 Å². The highest BCUT2D eigenvalue weighted by Crippen LogP contribution is 2.34. The second kappa shape index (κ2) is 9.31. The van der Waals surface area contributed by atoms with Crippen LogP contribution in [0.4, 0.5) is 0 Å². The van der Waals surface area contributed by atoms with Gasteiger partial charge in [-0.15, -0.1) is 5.10 Å². The summed E-state index contributed by atoms with van der Waals surface area (Å²) in [5.74, 6) is 2.12. The number of para-hydroxylation sites is 1. The molecule has 152 valence electrons. The molecule has 4 rings (SSSR count). The van der Waals surface area contributed by atoms with Gasteiger partial charge in [0.2, 0.25) is 11.1 Å². The summed E-state index contributed by atoms with van der Waals surface area (Å²) in [5.41, 5.74) is 1.02. The number of carbonyl (C=O) groups is 1. The van der Waals surface area contributed by atoms with E-state index in [1.807, 2.05) is 41.9 Å². The second-order valence-corrected chi connectivity index (χ2v) is 8.70. The van der Waals surface area contributed by atoms with Gasteiger partial charge in [-0.1, -0.05) is 49.2 Å². The van der Waals surface area contributed by atoms with E-state index in [1.54, 1.807) is 6.26 Å². The van der Waals surface area contributed by atoms with Gasteiger partial charge in [0.1, 0.15) is 11.6 Å². The van der Waals surface area contributed by atoms with E-state index in [-0.39, 0.29) is 11.2 Å². The molecule has 1 fully saturated rings. The van der Waals surface area contributed by atoms with Gasteiger partial charge in [0.05, 0.1) is 23.7 Å². The minimum absolute atomic E-state index is 0.0540. The van der Waals surface area contributed by atoms with Crippen LogP contribution in [0.1, 0.15) is 56.5 Å². The first-order valence-electron chi connectivity index (χ1n) is 10.2. The Labute approximate surface area is 175 Å². The normalized spacial score (nSPS) is 15.9. The fourth-order valence-corrected chi connectivity index (χ4v) is 4.46. The molecule has 29 heavy (non-hydrogen) atoms. The number of hydrogen-bond acceptors (Lipinski definition) is 5. The van der Waals surface area contributed by atoms with E-state index in [0.29, 0.717) is 17.6 Å². The zero-order valence-corrected chi connectivity index (χ0v) is 17.4. The van der Waals surface area contributed by atoms with Gasteiger partial charge in [-0.05, 0) is 44.0 Å². The van der Waals surface area contributed by atoms with E-state index in [2.05, 4.69) is 17.4 Å². The number of amides is 1. The Bertz CT molecular complexity index is 918. The van der Waals surface area contributed by atoms with Crippen LogP contribution in [0, 0.1) is 0 Å². The van der Waals surface area contributed by atoms with Crippen LogP contribution >= 0.6 is 11.8 Å². The van der Waals surface area contributed by atoms with Gasteiger partial charge in [0.25, 0.3) is 0 Å². The summed E-state index contributed by atoms with van der Waals surface area (Å²) in [5, 5.41) is 8.02.